The SMILES string of the molecule is NC(=O)c1ccc(CNc2ccccc2N2CCCC2=O)c([N+](=O)[O-])c1. The van der Waals surface area contributed by atoms with Crippen LogP contribution in [0.4, 0.5) is 17.1 Å². The molecule has 0 saturated carbocycles. The topological polar surface area (TPSA) is 119 Å². The molecular weight excluding hydrogens is 336 g/mol. The Balaban J connectivity index is 1.85. The molecule has 1 aliphatic heterocycles. The largest absolute Gasteiger partial charge is 0.379 e. The first kappa shape index (κ1) is 17.4. The van der Waals surface area contributed by atoms with Gasteiger partial charge in [0.2, 0.25) is 11.8 Å². The molecule has 0 bridgehead atoms. The van der Waals surface area contributed by atoms with Crippen LogP contribution >= 0.6 is 0 Å². The number of nitrogens with zero attached hydrogens (tertiary/aromatic N) is 2. The molecule has 0 aliphatic carbocycles. The van der Waals surface area contributed by atoms with Crippen molar-refractivity contribution in [3.05, 3.63) is 63.7 Å². The van der Waals surface area contributed by atoms with Crippen molar-refractivity contribution in [2.45, 2.75) is 19.4 Å². The van der Waals surface area contributed by atoms with Crippen LogP contribution in [0, 0.1) is 10.1 Å². The Bertz CT molecular complexity index is 881. The fourth-order valence-corrected chi connectivity index (χ4v) is 2.99. The summed E-state index contributed by atoms with van der Waals surface area (Å²) >= 11 is 0. The summed E-state index contributed by atoms with van der Waals surface area (Å²) < 4.78 is 0. The summed E-state index contributed by atoms with van der Waals surface area (Å²) in [5, 5.41) is 14.5. The monoisotopic (exact) mass is 354 g/mol. The second kappa shape index (κ2) is 7.22. The maximum atomic E-state index is 12.0. The quantitative estimate of drug-likeness (QED) is 0.610. The molecule has 0 unspecified atom stereocenters. The van der Waals surface area contributed by atoms with Crippen molar-refractivity contribution in [1.29, 1.82) is 0 Å². The van der Waals surface area contributed by atoms with E-state index >= 15 is 0 Å². The maximum Gasteiger partial charge on any atom is 0.275 e. The molecular formula is C18H18N4O4. The number of nitrogens with two attached hydrogens (primary N) is 1. The zero-order chi connectivity index (χ0) is 18.7. The second-order valence-corrected chi connectivity index (χ2v) is 5.98. The van der Waals surface area contributed by atoms with Crippen LogP contribution in [0.25, 0.3) is 0 Å². The standard InChI is InChI=1S/C18H18N4O4/c19-18(24)12-7-8-13(16(10-12)22(25)26)11-20-14-4-1-2-5-15(14)21-9-3-6-17(21)23/h1-2,4-5,7-8,10,20H,3,6,9,11H2,(H2,19,24). The van der Waals surface area contributed by atoms with Crippen LogP contribution in [0.2, 0.25) is 0 Å². The van der Waals surface area contributed by atoms with Crippen LogP contribution in [-0.4, -0.2) is 23.3 Å². The van der Waals surface area contributed by atoms with Crippen molar-refractivity contribution in [3.8, 4) is 0 Å². The number of rotatable bonds is 6. The molecule has 26 heavy (non-hydrogen) atoms. The highest BCUT2D eigenvalue weighted by molar-refractivity contribution is 5.98. The third-order valence-electron chi connectivity index (χ3n) is 4.30. The van der Waals surface area contributed by atoms with Crippen LogP contribution in [0.1, 0.15) is 28.8 Å². The zero-order valence-electron chi connectivity index (χ0n) is 14.0. The number of primary amides is 1. The lowest BCUT2D eigenvalue weighted by molar-refractivity contribution is -0.385. The Morgan fingerprint density at radius 1 is 1.27 bits per heavy atom. The molecule has 0 atom stereocenters. The van der Waals surface area contributed by atoms with E-state index in [2.05, 4.69) is 5.32 Å². The lowest BCUT2D eigenvalue weighted by atomic mass is 10.1. The van der Waals surface area contributed by atoms with E-state index in [9.17, 15) is 19.7 Å². The maximum absolute atomic E-state index is 12.0. The molecule has 2 aromatic carbocycles. The number of nitro benzene ring substituents is 1. The number of nitro groups is 1. The van der Waals surface area contributed by atoms with Gasteiger partial charge in [0.1, 0.15) is 0 Å². The summed E-state index contributed by atoms with van der Waals surface area (Å²) in [6.45, 7) is 0.833. The van der Waals surface area contributed by atoms with Gasteiger partial charge in [0.15, 0.2) is 0 Å². The van der Waals surface area contributed by atoms with Crippen LogP contribution in [0.15, 0.2) is 42.5 Å². The average Bonchev–Trinajstić information content (AvgIpc) is 3.05. The number of carbonyl (C=O) groups is 2. The summed E-state index contributed by atoms with van der Waals surface area (Å²) in [6.07, 6.45) is 1.33. The van der Waals surface area contributed by atoms with Crippen LogP contribution in [0.5, 0.6) is 0 Å². The summed E-state index contributed by atoms with van der Waals surface area (Å²) in [4.78, 5) is 35.7. The van der Waals surface area contributed by atoms with Gasteiger partial charge in [-0.3, -0.25) is 19.7 Å². The summed E-state index contributed by atoms with van der Waals surface area (Å²) in [5.74, 6) is -0.651. The van der Waals surface area contributed by atoms with E-state index in [4.69, 9.17) is 5.73 Å². The van der Waals surface area contributed by atoms with Crippen molar-refractivity contribution >= 4 is 28.9 Å². The fourth-order valence-electron chi connectivity index (χ4n) is 2.99. The van der Waals surface area contributed by atoms with Crippen LogP contribution < -0.4 is 16.0 Å². The van der Waals surface area contributed by atoms with Gasteiger partial charge in [0.05, 0.1) is 16.3 Å². The van der Waals surface area contributed by atoms with Crippen LogP contribution in [-0.2, 0) is 11.3 Å². The number of hydrogen-bond acceptors (Lipinski definition) is 5. The van der Waals surface area contributed by atoms with Gasteiger partial charge in [-0.05, 0) is 30.7 Å². The van der Waals surface area contributed by atoms with Gasteiger partial charge >= 0.3 is 0 Å². The normalized spacial score (nSPS) is 13.7. The lowest BCUT2D eigenvalue weighted by Gasteiger charge is -2.20. The molecule has 134 valence electrons. The molecule has 1 aliphatic rings. The van der Waals surface area contributed by atoms with E-state index in [1.165, 1.54) is 18.2 Å². The minimum atomic E-state index is -0.717. The van der Waals surface area contributed by atoms with Crippen LogP contribution in [0.3, 0.4) is 0 Å². The minimum Gasteiger partial charge on any atom is -0.379 e. The number of carbonyl (C=O) groups excluding carboxylic acids is 2. The van der Waals surface area contributed by atoms with Crippen molar-refractivity contribution in [2.75, 3.05) is 16.8 Å². The number of hydrogen-bond donors (Lipinski definition) is 2. The molecule has 0 radical (unpaired) electrons. The molecule has 8 nitrogen and oxygen atoms in total. The number of benzene rings is 2. The molecule has 0 spiro atoms. The number of nitrogens with one attached hydrogen (secondary N) is 1. The molecule has 2 amide bonds. The predicted octanol–water partition coefficient (Wildman–Crippen LogP) is 2.43. The first-order valence-corrected chi connectivity index (χ1v) is 8.18. The highest BCUT2D eigenvalue weighted by atomic mass is 16.6. The number of anilines is 2. The van der Waals surface area contributed by atoms with E-state index in [1.54, 1.807) is 4.90 Å². The number of amides is 2. The molecule has 0 aromatic heterocycles. The first-order chi connectivity index (χ1) is 12.5. The van der Waals surface area contributed by atoms with E-state index in [1.807, 2.05) is 24.3 Å². The predicted molar refractivity (Wildman–Crippen MR) is 97.0 cm³/mol. The summed E-state index contributed by atoms with van der Waals surface area (Å²) in [7, 11) is 0. The average molecular weight is 354 g/mol. The Morgan fingerprint density at radius 3 is 2.69 bits per heavy atom. The molecule has 3 rings (SSSR count). The summed E-state index contributed by atoms with van der Waals surface area (Å²) in [5.41, 5.74) is 6.99. The van der Waals surface area contributed by atoms with E-state index in [0.717, 1.165) is 17.8 Å². The van der Waals surface area contributed by atoms with Crippen molar-refractivity contribution in [1.82, 2.24) is 0 Å². The van der Waals surface area contributed by atoms with Crippen molar-refractivity contribution < 1.29 is 14.5 Å². The third kappa shape index (κ3) is 3.49. The zero-order valence-corrected chi connectivity index (χ0v) is 14.0. The van der Waals surface area contributed by atoms with E-state index in [0.29, 0.717) is 18.5 Å². The molecule has 1 fully saturated rings. The number of para-hydroxylation sites is 2. The molecule has 1 heterocycles. The molecule has 8 heteroatoms. The van der Waals surface area contributed by atoms with Crippen molar-refractivity contribution in [2.24, 2.45) is 5.73 Å². The van der Waals surface area contributed by atoms with Crippen molar-refractivity contribution in [3.63, 3.8) is 0 Å². The third-order valence-corrected chi connectivity index (χ3v) is 4.30. The Labute approximate surface area is 149 Å². The van der Waals surface area contributed by atoms with Gasteiger partial charge in [-0.2, -0.15) is 0 Å². The lowest BCUT2D eigenvalue weighted by Crippen LogP contribution is -2.24. The Hall–Kier alpha value is -3.42. The highest BCUT2D eigenvalue weighted by Gasteiger charge is 2.24. The van der Waals surface area contributed by atoms with Gasteiger partial charge < -0.3 is 16.0 Å². The first-order valence-electron chi connectivity index (χ1n) is 8.18. The van der Waals surface area contributed by atoms with Gasteiger partial charge in [-0.1, -0.05) is 12.1 Å². The highest BCUT2D eigenvalue weighted by Crippen LogP contribution is 2.30. The molecule has 2 aromatic rings. The van der Waals surface area contributed by atoms with E-state index < -0.39 is 10.8 Å². The Kier molecular flexibility index (Phi) is 4.83. The minimum absolute atomic E-state index is 0.0658. The second-order valence-electron chi connectivity index (χ2n) is 5.98. The molecule has 1 saturated heterocycles. The van der Waals surface area contributed by atoms with Gasteiger partial charge in [0.25, 0.3) is 5.69 Å². The molecule has 3 N–H and O–H groups in total. The van der Waals surface area contributed by atoms with E-state index in [-0.39, 0.29) is 23.7 Å². The van der Waals surface area contributed by atoms with Gasteiger partial charge in [-0.25, -0.2) is 0 Å². The van der Waals surface area contributed by atoms with Gasteiger partial charge in [0, 0.05) is 36.7 Å². The fraction of sp³-hybridized carbons (Fsp3) is 0.222. The summed E-state index contributed by atoms with van der Waals surface area (Å²) in [6, 6.07) is 11.5. The Morgan fingerprint density at radius 2 is 2.04 bits per heavy atom. The van der Waals surface area contributed by atoms with Gasteiger partial charge in [-0.15, -0.1) is 0 Å². The smallest absolute Gasteiger partial charge is 0.275 e.